The molecule has 2 N–H and O–H groups in total. The van der Waals surface area contributed by atoms with Crippen LogP contribution in [-0.4, -0.2) is 52.4 Å². The van der Waals surface area contributed by atoms with Crippen molar-refractivity contribution in [3.05, 3.63) is 24.3 Å². The summed E-state index contributed by atoms with van der Waals surface area (Å²) < 4.78 is 28.4. The first-order chi connectivity index (χ1) is 11.1. The topological polar surface area (TPSA) is 73.8 Å². The number of piperidine rings is 1. The quantitative estimate of drug-likeness (QED) is 0.826. The molecule has 6 nitrogen and oxygen atoms in total. The number of nitrogens with zero attached hydrogens (tertiary/aromatic N) is 2. The van der Waals surface area contributed by atoms with E-state index in [4.69, 9.17) is 0 Å². The second-order valence-electron chi connectivity index (χ2n) is 6.25. The van der Waals surface area contributed by atoms with Crippen molar-refractivity contribution in [3.63, 3.8) is 0 Å². The zero-order valence-electron chi connectivity index (χ0n) is 13.9. The molecule has 1 aromatic carbocycles. The molecule has 0 unspecified atom stereocenters. The molecule has 0 aliphatic carbocycles. The van der Waals surface area contributed by atoms with E-state index in [2.05, 4.69) is 19.9 Å². The summed E-state index contributed by atoms with van der Waals surface area (Å²) >= 11 is 0. The normalized spacial score (nSPS) is 20.5. The van der Waals surface area contributed by atoms with Gasteiger partial charge in [0.1, 0.15) is 10.7 Å². The lowest BCUT2D eigenvalue weighted by atomic mass is 9.93. The third kappa shape index (κ3) is 4.47. The third-order valence-corrected chi connectivity index (χ3v) is 5.93. The summed E-state index contributed by atoms with van der Waals surface area (Å²) in [5.41, 5.74) is 0.626. The van der Waals surface area contributed by atoms with Gasteiger partial charge in [-0.1, -0.05) is 12.1 Å². The number of rotatable bonds is 5. The van der Waals surface area contributed by atoms with Gasteiger partial charge >= 0.3 is 0 Å². The number of likely N-dealkylation sites (tertiary alicyclic amines) is 1. The summed E-state index contributed by atoms with van der Waals surface area (Å²) in [6.07, 6.45) is 3.54. The van der Waals surface area contributed by atoms with Crippen LogP contribution in [0.25, 0.3) is 0 Å². The highest BCUT2D eigenvalue weighted by molar-refractivity contribution is 7.90. The molecular formula is C16H25ClN4O2S. The first-order valence-electron chi connectivity index (χ1n) is 8.15. The Kier molecular flexibility index (Phi) is 6.62. The highest BCUT2D eigenvalue weighted by Gasteiger charge is 2.26. The van der Waals surface area contributed by atoms with E-state index in [9.17, 15) is 8.42 Å². The molecule has 0 radical (unpaired) electrons. The number of para-hydroxylation sites is 1. The van der Waals surface area contributed by atoms with Gasteiger partial charge in [0.25, 0.3) is 10.0 Å². The molecule has 0 spiro atoms. The summed E-state index contributed by atoms with van der Waals surface area (Å²) in [7, 11) is -1.59. The van der Waals surface area contributed by atoms with Crippen LogP contribution in [0.3, 0.4) is 0 Å². The SMILES string of the molecule is CNCCC1CCN(CC2=NS(=O)(=O)c3ccccc3N2)CC1.Cl. The Hall–Kier alpha value is -1.15. The predicted octanol–water partition coefficient (Wildman–Crippen LogP) is 1.94. The molecule has 8 heteroatoms. The minimum Gasteiger partial charge on any atom is -0.341 e. The maximum atomic E-state index is 12.2. The molecule has 2 aliphatic heterocycles. The molecule has 3 rings (SSSR count). The van der Waals surface area contributed by atoms with E-state index >= 15 is 0 Å². The van der Waals surface area contributed by atoms with Gasteiger partial charge in [0.2, 0.25) is 0 Å². The van der Waals surface area contributed by atoms with Crippen LogP contribution in [0.1, 0.15) is 19.3 Å². The smallest absolute Gasteiger partial charge is 0.286 e. The van der Waals surface area contributed by atoms with Crippen LogP contribution >= 0.6 is 12.4 Å². The molecule has 0 atom stereocenters. The minimum atomic E-state index is -3.57. The first-order valence-corrected chi connectivity index (χ1v) is 9.59. The number of anilines is 1. The Balaban J connectivity index is 0.00000208. The summed E-state index contributed by atoms with van der Waals surface area (Å²) in [6, 6.07) is 6.92. The van der Waals surface area contributed by atoms with E-state index < -0.39 is 10.0 Å². The highest BCUT2D eigenvalue weighted by atomic mass is 35.5. The van der Waals surface area contributed by atoms with Gasteiger partial charge in [-0.15, -0.1) is 16.8 Å². The van der Waals surface area contributed by atoms with Crippen LogP contribution in [-0.2, 0) is 10.0 Å². The lowest BCUT2D eigenvalue weighted by Gasteiger charge is -2.32. The average Bonchev–Trinajstić information content (AvgIpc) is 2.54. The number of benzene rings is 1. The Morgan fingerprint density at radius 1 is 1.29 bits per heavy atom. The van der Waals surface area contributed by atoms with Crippen LogP contribution in [0.4, 0.5) is 5.69 Å². The zero-order valence-corrected chi connectivity index (χ0v) is 15.5. The summed E-state index contributed by atoms with van der Waals surface area (Å²) in [5.74, 6) is 1.29. The summed E-state index contributed by atoms with van der Waals surface area (Å²) in [5, 5.41) is 6.37. The zero-order chi connectivity index (χ0) is 16.3. The largest absolute Gasteiger partial charge is 0.341 e. The van der Waals surface area contributed by atoms with Crippen LogP contribution in [0, 0.1) is 5.92 Å². The van der Waals surface area contributed by atoms with Gasteiger partial charge in [0.05, 0.1) is 12.2 Å². The van der Waals surface area contributed by atoms with Gasteiger partial charge in [-0.3, -0.25) is 4.90 Å². The molecule has 1 aromatic rings. The first kappa shape index (κ1) is 19.2. The van der Waals surface area contributed by atoms with Crippen molar-refractivity contribution >= 4 is 34.0 Å². The van der Waals surface area contributed by atoms with Crippen LogP contribution in [0.5, 0.6) is 0 Å². The van der Waals surface area contributed by atoms with Gasteiger partial charge in [0, 0.05) is 0 Å². The van der Waals surface area contributed by atoms with Crippen molar-refractivity contribution in [1.82, 2.24) is 10.2 Å². The second-order valence-corrected chi connectivity index (χ2v) is 7.82. The average molecular weight is 373 g/mol. The molecule has 0 amide bonds. The highest BCUT2D eigenvalue weighted by Crippen LogP contribution is 2.27. The van der Waals surface area contributed by atoms with Crippen molar-refractivity contribution in [2.75, 3.05) is 38.5 Å². The summed E-state index contributed by atoms with van der Waals surface area (Å²) in [6.45, 7) is 3.62. The van der Waals surface area contributed by atoms with E-state index in [1.807, 2.05) is 13.1 Å². The third-order valence-electron chi connectivity index (χ3n) is 4.56. The van der Waals surface area contributed by atoms with Crippen molar-refractivity contribution in [1.29, 1.82) is 0 Å². The molecule has 0 aromatic heterocycles. The van der Waals surface area contributed by atoms with Gasteiger partial charge in [-0.05, 0) is 64.0 Å². The molecule has 0 bridgehead atoms. The number of hydrogen-bond donors (Lipinski definition) is 2. The lowest BCUT2D eigenvalue weighted by molar-refractivity contribution is 0.199. The molecule has 1 fully saturated rings. The van der Waals surface area contributed by atoms with Crippen molar-refractivity contribution in [3.8, 4) is 0 Å². The standard InChI is InChI=1S/C16H24N4O2S.ClH/c1-17-9-6-13-7-10-20(11-8-13)12-16-18-14-4-2-3-5-15(14)23(21,22)19-16;/h2-5,13,17H,6-12H2,1H3,(H,18,19);1H. The van der Waals surface area contributed by atoms with Gasteiger partial charge in [-0.2, -0.15) is 8.42 Å². The minimum absolute atomic E-state index is 0. The van der Waals surface area contributed by atoms with Crippen molar-refractivity contribution < 1.29 is 8.42 Å². The molecule has 24 heavy (non-hydrogen) atoms. The fraction of sp³-hybridized carbons (Fsp3) is 0.562. The molecule has 2 heterocycles. The number of sulfonamides is 1. The Labute approximate surface area is 150 Å². The van der Waals surface area contributed by atoms with Crippen molar-refractivity contribution in [2.45, 2.75) is 24.2 Å². The fourth-order valence-corrected chi connectivity index (χ4v) is 4.37. The van der Waals surface area contributed by atoms with E-state index in [-0.39, 0.29) is 17.3 Å². The number of amidine groups is 1. The Morgan fingerprint density at radius 2 is 2.00 bits per heavy atom. The molecule has 2 aliphatic rings. The van der Waals surface area contributed by atoms with Crippen molar-refractivity contribution in [2.24, 2.45) is 10.3 Å². The summed E-state index contributed by atoms with van der Waals surface area (Å²) in [4.78, 5) is 2.54. The predicted molar refractivity (Wildman–Crippen MR) is 99.6 cm³/mol. The fourth-order valence-electron chi connectivity index (χ4n) is 3.23. The number of hydrogen-bond acceptors (Lipinski definition) is 5. The van der Waals surface area contributed by atoms with E-state index in [0.717, 1.165) is 38.4 Å². The number of fused-ring (bicyclic) bond motifs is 1. The van der Waals surface area contributed by atoms with E-state index in [1.165, 1.54) is 6.42 Å². The van der Waals surface area contributed by atoms with E-state index in [1.54, 1.807) is 18.2 Å². The van der Waals surface area contributed by atoms with Crippen LogP contribution < -0.4 is 10.6 Å². The molecule has 134 valence electrons. The molecular weight excluding hydrogens is 348 g/mol. The maximum absolute atomic E-state index is 12.2. The second kappa shape index (κ2) is 8.29. The van der Waals surface area contributed by atoms with Crippen LogP contribution in [0.15, 0.2) is 33.6 Å². The number of nitrogens with one attached hydrogen (secondary N) is 2. The van der Waals surface area contributed by atoms with Gasteiger partial charge in [-0.25, -0.2) is 0 Å². The van der Waals surface area contributed by atoms with Gasteiger partial charge in [0.15, 0.2) is 0 Å². The van der Waals surface area contributed by atoms with Gasteiger partial charge < -0.3 is 10.6 Å². The Morgan fingerprint density at radius 3 is 2.71 bits per heavy atom. The van der Waals surface area contributed by atoms with E-state index in [0.29, 0.717) is 18.1 Å². The number of halogens is 1. The van der Waals surface area contributed by atoms with Crippen LogP contribution in [0.2, 0.25) is 0 Å². The maximum Gasteiger partial charge on any atom is 0.286 e. The molecule has 1 saturated heterocycles. The lowest BCUT2D eigenvalue weighted by Crippen LogP contribution is -2.40. The molecule has 0 saturated carbocycles. The Bertz CT molecular complexity index is 685. The monoisotopic (exact) mass is 372 g/mol.